The van der Waals surface area contributed by atoms with Crippen molar-refractivity contribution < 1.29 is 29.0 Å². The number of amides is 2. The van der Waals surface area contributed by atoms with E-state index in [1.807, 2.05) is 56.4 Å². The molecule has 0 aromatic heterocycles. The first kappa shape index (κ1) is 24.7. The van der Waals surface area contributed by atoms with Gasteiger partial charge < -0.3 is 24.4 Å². The first-order valence-corrected chi connectivity index (χ1v) is 12.9. The summed E-state index contributed by atoms with van der Waals surface area (Å²) < 4.78 is 12.2. The number of ether oxygens (including phenoxy) is 2. The van der Waals surface area contributed by atoms with Crippen molar-refractivity contribution in [1.29, 1.82) is 0 Å². The van der Waals surface area contributed by atoms with Crippen LogP contribution in [0.3, 0.4) is 0 Å². The van der Waals surface area contributed by atoms with Gasteiger partial charge >= 0.3 is 5.97 Å². The van der Waals surface area contributed by atoms with Crippen LogP contribution in [-0.2, 0) is 23.9 Å². The van der Waals surface area contributed by atoms with Gasteiger partial charge in [-0.3, -0.25) is 14.4 Å². The number of rotatable bonds is 4. The first-order valence-electron chi connectivity index (χ1n) is 12.9. The van der Waals surface area contributed by atoms with Gasteiger partial charge in [0.05, 0.1) is 18.6 Å². The molecule has 2 amide bonds. The Hall–Kier alpha value is -2.97. The van der Waals surface area contributed by atoms with Crippen molar-refractivity contribution in [3.05, 3.63) is 53.6 Å². The molecular formula is C28H34N2O6. The Labute approximate surface area is 211 Å². The zero-order valence-electron chi connectivity index (χ0n) is 20.9. The molecule has 1 N–H and O–H groups in total. The van der Waals surface area contributed by atoms with Gasteiger partial charge in [0.25, 0.3) is 5.91 Å². The Balaban J connectivity index is 1.62. The van der Waals surface area contributed by atoms with E-state index in [0.717, 1.165) is 36.1 Å². The second kappa shape index (κ2) is 9.82. The lowest BCUT2D eigenvalue weighted by molar-refractivity contribution is -0.154. The topological polar surface area (TPSA) is 96.4 Å². The smallest absolute Gasteiger partial charge is 0.312 e. The molecule has 2 fully saturated rings. The van der Waals surface area contributed by atoms with Gasteiger partial charge in [-0.05, 0) is 50.7 Å². The summed E-state index contributed by atoms with van der Waals surface area (Å²) in [5, 5.41) is 9.53. The first-order chi connectivity index (χ1) is 17.4. The number of aliphatic hydroxyl groups excluding tert-OH is 1. The molecule has 8 nitrogen and oxygen atoms in total. The second-order valence-electron chi connectivity index (χ2n) is 10.1. The Bertz CT molecular complexity index is 1090. The monoisotopic (exact) mass is 494 g/mol. The van der Waals surface area contributed by atoms with Gasteiger partial charge in [0.2, 0.25) is 5.91 Å². The number of anilines is 1. The quantitative estimate of drug-likeness (QED) is 0.510. The molecule has 5 atom stereocenters. The summed E-state index contributed by atoms with van der Waals surface area (Å²) in [6.07, 6.45) is 9.73. The molecule has 8 heteroatoms. The standard InChI is InChI=1S/C28H34N2O6/c1-18-10-7-11-19(2)23(18)29-14-8-13-28-22(25(32)30(15-9-16-31)24(28)26(29)33)21-20(36-28)12-5-3-4-6-17-35-27(21)34/h5,7-8,10-13,20-22,24,31H,3-4,6,9,14-17H2,1-2H3/b12-5-/t20-,21+,22+,24?,28+/m1/s1. The molecule has 4 aliphatic heterocycles. The van der Waals surface area contributed by atoms with E-state index in [0.29, 0.717) is 19.6 Å². The number of cyclic esters (lactones) is 1. The zero-order valence-corrected chi connectivity index (χ0v) is 20.9. The number of benzene rings is 1. The SMILES string of the molecule is Cc1cccc(C)c1N1CC=C[C@]23O[C@@H]4/C=C\CCCCOC(=O)[C@@H]4[C@H]2C(=O)N(CCCO)C3C1=O. The number of aliphatic hydroxyl groups is 1. The highest BCUT2D eigenvalue weighted by atomic mass is 16.6. The molecule has 0 saturated carbocycles. The highest BCUT2D eigenvalue weighted by Crippen LogP contribution is 2.53. The van der Waals surface area contributed by atoms with Crippen LogP contribution >= 0.6 is 0 Å². The molecule has 5 rings (SSSR count). The van der Waals surface area contributed by atoms with E-state index in [2.05, 4.69) is 0 Å². The Morgan fingerprint density at radius 1 is 1.08 bits per heavy atom. The fraction of sp³-hybridized carbons (Fsp3) is 0.536. The summed E-state index contributed by atoms with van der Waals surface area (Å²) >= 11 is 0. The minimum atomic E-state index is -1.29. The maximum Gasteiger partial charge on any atom is 0.312 e. The number of hydrogen-bond acceptors (Lipinski definition) is 6. The van der Waals surface area contributed by atoms with Gasteiger partial charge in [0, 0.05) is 25.4 Å². The summed E-state index contributed by atoms with van der Waals surface area (Å²) in [5.74, 6) is -2.71. The van der Waals surface area contributed by atoms with Crippen molar-refractivity contribution >= 4 is 23.5 Å². The predicted molar refractivity (Wildman–Crippen MR) is 133 cm³/mol. The largest absolute Gasteiger partial charge is 0.465 e. The van der Waals surface area contributed by atoms with Gasteiger partial charge in [-0.15, -0.1) is 0 Å². The number of carbonyl (C=O) groups is 3. The highest BCUT2D eigenvalue weighted by molar-refractivity contribution is 6.06. The van der Waals surface area contributed by atoms with Crippen LogP contribution in [-0.4, -0.2) is 71.8 Å². The molecule has 4 heterocycles. The van der Waals surface area contributed by atoms with Crippen molar-refractivity contribution in [1.82, 2.24) is 4.90 Å². The normalized spacial score (nSPS) is 33.0. The van der Waals surface area contributed by atoms with Crippen LogP contribution in [0.4, 0.5) is 5.69 Å². The van der Waals surface area contributed by atoms with Gasteiger partial charge in [-0.2, -0.15) is 0 Å². The predicted octanol–water partition coefficient (Wildman–Crippen LogP) is 2.45. The molecule has 0 radical (unpaired) electrons. The summed E-state index contributed by atoms with van der Waals surface area (Å²) in [7, 11) is 0. The minimum Gasteiger partial charge on any atom is -0.465 e. The Kier molecular flexibility index (Phi) is 6.74. The molecule has 0 bridgehead atoms. The van der Waals surface area contributed by atoms with Crippen molar-refractivity contribution in [2.24, 2.45) is 11.8 Å². The van der Waals surface area contributed by atoms with Gasteiger partial charge in [-0.1, -0.05) is 42.5 Å². The third-order valence-corrected chi connectivity index (χ3v) is 7.87. The average Bonchev–Trinajstić information content (AvgIpc) is 3.23. The second-order valence-corrected chi connectivity index (χ2v) is 10.1. The molecule has 36 heavy (non-hydrogen) atoms. The van der Waals surface area contributed by atoms with E-state index in [9.17, 15) is 19.5 Å². The Morgan fingerprint density at radius 2 is 1.86 bits per heavy atom. The van der Waals surface area contributed by atoms with Crippen LogP contribution < -0.4 is 4.90 Å². The molecular weight excluding hydrogens is 460 g/mol. The molecule has 192 valence electrons. The van der Waals surface area contributed by atoms with Crippen molar-refractivity contribution in [2.75, 3.05) is 31.2 Å². The average molecular weight is 495 g/mol. The molecule has 0 aliphatic carbocycles. The maximum atomic E-state index is 14.3. The van der Waals surface area contributed by atoms with Gasteiger partial charge in [0.1, 0.15) is 17.6 Å². The number of likely N-dealkylation sites (tertiary alicyclic amines) is 1. The third kappa shape index (κ3) is 3.87. The number of fused-ring (bicyclic) bond motifs is 2. The lowest BCUT2D eigenvalue weighted by Gasteiger charge is -2.36. The number of para-hydroxylation sites is 1. The van der Waals surface area contributed by atoms with E-state index in [1.165, 1.54) is 4.90 Å². The van der Waals surface area contributed by atoms with Crippen LogP contribution in [0.1, 0.15) is 36.8 Å². The van der Waals surface area contributed by atoms with Crippen LogP contribution in [0.2, 0.25) is 0 Å². The van der Waals surface area contributed by atoms with Gasteiger partial charge in [0.15, 0.2) is 0 Å². The molecule has 2 saturated heterocycles. The van der Waals surface area contributed by atoms with E-state index >= 15 is 0 Å². The molecule has 1 unspecified atom stereocenters. The van der Waals surface area contributed by atoms with Crippen molar-refractivity contribution in [3.63, 3.8) is 0 Å². The number of aryl methyl sites for hydroxylation is 2. The van der Waals surface area contributed by atoms with E-state index in [-0.39, 0.29) is 25.0 Å². The summed E-state index contributed by atoms with van der Waals surface area (Å²) in [6, 6.07) is 4.94. The third-order valence-electron chi connectivity index (χ3n) is 7.87. The van der Waals surface area contributed by atoms with E-state index < -0.39 is 35.6 Å². The highest BCUT2D eigenvalue weighted by Gasteiger charge is 2.71. The summed E-state index contributed by atoms with van der Waals surface area (Å²) in [6.45, 7) is 4.65. The lowest BCUT2D eigenvalue weighted by atomic mass is 9.78. The van der Waals surface area contributed by atoms with Crippen molar-refractivity contribution in [3.8, 4) is 0 Å². The fourth-order valence-electron chi connectivity index (χ4n) is 6.33. The van der Waals surface area contributed by atoms with E-state index in [1.54, 1.807) is 4.90 Å². The lowest BCUT2D eigenvalue weighted by Crippen LogP contribution is -2.55. The molecule has 4 aliphatic rings. The Morgan fingerprint density at radius 3 is 2.61 bits per heavy atom. The number of hydrogen-bond donors (Lipinski definition) is 1. The zero-order chi connectivity index (χ0) is 25.4. The summed E-state index contributed by atoms with van der Waals surface area (Å²) in [5.41, 5.74) is 1.45. The maximum absolute atomic E-state index is 14.3. The fourth-order valence-corrected chi connectivity index (χ4v) is 6.33. The van der Waals surface area contributed by atoms with Crippen LogP contribution in [0.25, 0.3) is 0 Å². The molecule has 1 aromatic rings. The van der Waals surface area contributed by atoms with Crippen molar-refractivity contribution in [2.45, 2.75) is 57.3 Å². The molecule has 1 spiro atoms. The number of nitrogens with zero attached hydrogens (tertiary/aromatic N) is 2. The molecule has 1 aromatic carbocycles. The van der Waals surface area contributed by atoms with E-state index in [4.69, 9.17) is 9.47 Å². The number of esters is 1. The van der Waals surface area contributed by atoms with Crippen LogP contribution in [0.5, 0.6) is 0 Å². The van der Waals surface area contributed by atoms with Crippen LogP contribution in [0, 0.1) is 25.7 Å². The summed E-state index contributed by atoms with van der Waals surface area (Å²) in [4.78, 5) is 44.8. The number of allylic oxidation sites excluding steroid dienone is 1. The van der Waals surface area contributed by atoms with Gasteiger partial charge in [-0.25, -0.2) is 0 Å². The minimum absolute atomic E-state index is 0.115. The van der Waals surface area contributed by atoms with Crippen LogP contribution in [0.15, 0.2) is 42.5 Å². The number of carbonyl (C=O) groups excluding carboxylic acids is 3.